The van der Waals surface area contributed by atoms with E-state index in [4.69, 9.17) is 5.73 Å². The second-order valence-corrected chi connectivity index (χ2v) is 3.73. The molecule has 3 N–H and O–H groups in total. The van der Waals surface area contributed by atoms with Gasteiger partial charge in [0.1, 0.15) is 11.6 Å². The molecule has 0 heterocycles. The van der Waals surface area contributed by atoms with E-state index < -0.39 is 0 Å². The van der Waals surface area contributed by atoms with Crippen molar-refractivity contribution in [1.29, 1.82) is 0 Å². The number of rotatable bonds is 1. The molecule has 0 bridgehead atoms. The van der Waals surface area contributed by atoms with E-state index in [0.717, 1.165) is 16.7 Å². The van der Waals surface area contributed by atoms with Crippen LogP contribution in [0.3, 0.4) is 0 Å². The van der Waals surface area contributed by atoms with E-state index in [1.807, 2.05) is 6.92 Å². The smallest absolute Gasteiger partial charge is 0.138 e. The molecule has 0 radical (unpaired) electrons. The number of nitrogens with two attached hydrogens (primary N) is 1. The summed E-state index contributed by atoms with van der Waals surface area (Å²) < 4.78 is 12.9. The average Bonchev–Trinajstić information content (AvgIpc) is 2.22. The van der Waals surface area contributed by atoms with Crippen LogP contribution in [0.1, 0.15) is 5.56 Å². The summed E-state index contributed by atoms with van der Waals surface area (Å²) in [5.41, 5.74) is 8.55. The van der Waals surface area contributed by atoms with Crippen LogP contribution in [-0.2, 0) is 0 Å². The first kappa shape index (κ1) is 10.5. The molecule has 0 aliphatic rings. The Hall–Kier alpha value is -2.03. The fourth-order valence-corrected chi connectivity index (χ4v) is 1.67. The van der Waals surface area contributed by atoms with Gasteiger partial charge in [-0.05, 0) is 47.9 Å². The summed E-state index contributed by atoms with van der Waals surface area (Å²) in [5.74, 6) is -0.198. The summed E-state index contributed by atoms with van der Waals surface area (Å²) in [6.07, 6.45) is 0. The first-order valence-corrected chi connectivity index (χ1v) is 4.93. The molecule has 82 valence electrons. The van der Waals surface area contributed by atoms with Gasteiger partial charge < -0.3 is 10.8 Å². The predicted octanol–water partition coefficient (Wildman–Crippen LogP) is 3.09. The third-order valence-electron chi connectivity index (χ3n) is 2.53. The van der Waals surface area contributed by atoms with Crippen molar-refractivity contribution in [1.82, 2.24) is 0 Å². The van der Waals surface area contributed by atoms with Gasteiger partial charge in [0.15, 0.2) is 0 Å². The zero-order chi connectivity index (χ0) is 11.7. The molecule has 2 nitrogen and oxygen atoms in total. The van der Waals surface area contributed by atoms with E-state index in [1.165, 1.54) is 18.2 Å². The molecular formula is C13H12FNO. The maximum atomic E-state index is 12.9. The lowest BCUT2D eigenvalue weighted by Crippen LogP contribution is -1.89. The monoisotopic (exact) mass is 217 g/mol. The number of hydrogen-bond acceptors (Lipinski definition) is 2. The molecule has 0 saturated carbocycles. The molecule has 0 fully saturated rings. The van der Waals surface area contributed by atoms with Gasteiger partial charge in [-0.3, -0.25) is 0 Å². The number of nitrogen functional groups attached to an aromatic ring is 1. The zero-order valence-electron chi connectivity index (χ0n) is 8.87. The highest BCUT2D eigenvalue weighted by atomic mass is 19.1. The molecule has 2 aromatic carbocycles. The fraction of sp³-hybridized carbons (Fsp3) is 0.0769. The second-order valence-electron chi connectivity index (χ2n) is 3.73. The highest BCUT2D eigenvalue weighted by molar-refractivity contribution is 5.72. The van der Waals surface area contributed by atoms with Crippen LogP contribution >= 0.6 is 0 Å². The summed E-state index contributed by atoms with van der Waals surface area (Å²) in [5, 5.41) is 9.32. The quantitative estimate of drug-likeness (QED) is 0.569. The second kappa shape index (κ2) is 3.85. The van der Waals surface area contributed by atoms with E-state index in [-0.39, 0.29) is 11.6 Å². The van der Waals surface area contributed by atoms with E-state index in [0.29, 0.717) is 5.69 Å². The van der Waals surface area contributed by atoms with Crippen LogP contribution in [0.5, 0.6) is 5.75 Å². The Kier molecular flexibility index (Phi) is 2.52. The molecule has 2 aromatic rings. The summed E-state index contributed by atoms with van der Waals surface area (Å²) in [4.78, 5) is 0. The number of aryl methyl sites for hydroxylation is 1. The number of anilines is 1. The molecule has 0 aromatic heterocycles. The minimum atomic E-state index is -0.256. The van der Waals surface area contributed by atoms with Crippen LogP contribution in [0.4, 0.5) is 10.1 Å². The van der Waals surface area contributed by atoms with Crippen LogP contribution in [0, 0.1) is 12.7 Å². The van der Waals surface area contributed by atoms with Gasteiger partial charge in [-0.25, -0.2) is 4.39 Å². The van der Waals surface area contributed by atoms with Gasteiger partial charge in [-0.15, -0.1) is 0 Å². The fourth-order valence-electron chi connectivity index (χ4n) is 1.67. The lowest BCUT2D eigenvalue weighted by atomic mass is 10.00. The van der Waals surface area contributed by atoms with Gasteiger partial charge in [0.25, 0.3) is 0 Å². The van der Waals surface area contributed by atoms with Crippen LogP contribution in [-0.4, -0.2) is 5.11 Å². The first-order chi connectivity index (χ1) is 7.58. The van der Waals surface area contributed by atoms with Gasteiger partial charge in [0, 0.05) is 0 Å². The van der Waals surface area contributed by atoms with Crippen molar-refractivity contribution in [3.05, 3.63) is 47.8 Å². The SMILES string of the molecule is Cc1cc(F)ccc1-c1ccc(O)c(N)c1. The van der Waals surface area contributed by atoms with Crippen LogP contribution in [0.2, 0.25) is 0 Å². The third-order valence-corrected chi connectivity index (χ3v) is 2.53. The molecule has 0 aliphatic carbocycles. The van der Waals surface area contributed by atoms with Crippen molar-refractivity contribution in [3.8, 4) is 16.9 Å². The summed E-state index contributed by atoms with van der Waals surface area (Å²) in [6, 6.07) is 9.55. The molecule has 0 unspecified atom stereocenters. The number of aromatic hydroxyl groups is 1. The van der Waals surface area contributed by atoms with E-state index >= 15 is 0 Å². The minimum absolute atomic E-state index is 0.0588. The van der Waals surface area contributed by atoms with Crippen molar-refractivity contribution < 1.29 is 9.50 Å². The van der Waals surface area contributed by atoms with Crippen LogP contribution in [0.15, 0.2) is 36.4 Å². The minimum Gasteiger partial charge on any atom is -0.506 e. The standard InChI is InChI=1S/C13H12FNO/c1-8-6-10(14)3-4-11(8)9-2-5-13(16)12(15)7-9/h2-7,16H,15H2,1H3. The van der Waals surface area contributed by atoms with Crippen LogP contribution in [0.25, 0.3) is 11.1 Å². The molecule has 0 saturated heterocycles. The van der Waals surface area contributed by atoms with Gasteiger partial charge in [-0.2, -0.15) is 0 Å². The Morgan fingerprint density at radius 2 is 1.88 bits per heavy atom. The Bertz CT molecular complexity index is 537. The average molecular weight is 217 g/mol. The molecule has 16 heavy (non-hydrogen) atoms. The van der Waals surface area contributed by atoms with Gasteiger partial charge >= 0.3 is 0 Å². The normalized spacial score (nSPS) is 10.4. The number of benzene rings is 2. The lowest BCUT2D eigenvalue weighted by molar-refractivity contribution is 0.478. The Balaban J connectivity index is 2.54. The zero-order valence-corrected chi connectivity index (χ0v) is 8.87. The van der Waals surface area contributed by atoms with Crippen molar-refractivity contribution in [3.63, 3.8) is 0 Å². The molecule has 0 spiro atoms. The van der Waals surface area contributed by atoms with Gasteiger partial charge in [0.05, 0.1) is 5.69 Å². The Morgan fingerprint density at radius 3 is 2.50 bits per heavy atom. The number of phenols is 1. The third kappa shape index (κ3) is 1.84. The molecule has 2 rings (SSSR count). The summed E-state index contributed by atoms with van der Waals surface area (Å²) in [7, 11) is 0. The van der Waals surface area contributed by atoms with Crippen molar-refractivity contribution >= 4 is 5.69 Å². The maximum absolute atomic E-state index is 12.9. The highest BCUT2D eigenvalue weighted by Crippen LogP contribution is 2.29. The molecule has 0 aliphatic heterocycles. The highest BCUT2D eigenvalue weighted by Gasteiger charge is 2.05. The summed E-state index contributed by atoms with van der Waals surface area (Å²) in [6.45, 7) is 1.83. The number of halogens is 1. The predicted molar refractivity (Wildman–Crippen MR) is 62.7 cm³/mol. The molecule has 3 heteroatoms. The molecule has 0 amide bonds. The van der Waals surface area contributed by atoms with Crippen LogP contribution < -0.4 is 5.73 Å². The topological polar surface area (TPSA) is 46.2 Å². The van der Waals surface area contributed by atoms with E-state index in [9.17, 15) is 9.50 Å². The number of phenolic OH excluding ortho intramolecular Hbond substituents is 1. The maximum Gasteiger partial charge on any atom is 0.138 e. The van der Waals surface area contributed by atoms with Gasteiger partial charge in [0.2, 0.25) is 0 Å². The Labute approximate surface area is 93.2 Å². The van der Waals surface area contributed by atoms with E-state index in [2.05, 4.69) is 0 Å². The summed E-state index contributed by atoms with van der Waals surface area (Å²) >= 11 is 0. The largest absolute Gasteiger partial charge is 0.506 e. The first-order valence-electron chi connectivity index (χ1n) is 4.93. The molecule has 0 atom stereocenters. The number of hydrogen-bond donors (Lipinski definition) is 2. The molecular weight excluding hydrogens is 205 g/mol. The Morgan fingerprint density at radius 1 is 1.12 bits per heavy atom. The van der Waals surface area contributed by atoms with Gasteiger partial charge in [-0.1, -0.05) is 12.1 Å². The van der Waals surface area contributed by atoms with E-state index in [1.54, 1.807) is 18.2 Å². The lowest BCUT2D eigenvalue weighted by Gasteiger charge is -2.07. The van der Waals surface area contributed by atoms with Crippen molar-refractivity contribution in [2.24, 2.45) is 0 Å². The van der Waals surface area contributed by atoms with Crippen molar-refractivity contribution in [2.45, 2.75) is 6.92 Å². The van der Waals surface area contributed by atoms with Crippen molar-refractivity contribution in [2.75, 3.05) is 5.73 Å².